The van der Waals surface area contributed by atoms with E-state index >= 15 is 0 Å². The van der Waals surface area contributed by atoms with Gasteiger partial charge in [-0.3, -0.25) is 5.32 Å². The van der Waals surface area contributed by atoms with E-state index in [0.717, 1.165) is 11.8 Å². The third-order valence-corrected chi connectivity index (χ3v) is 4.87. The van der Waals surface area contributed by atoms with Crippen LogP contribution in [0.2, 0.25) is 0 Å². The molecule has 0 aliphatic carbocycles. The minimum Gasteiger partial charge on any atom is -0.378 e. The van der Waals surface area contributed by atoms with Crippen LogP contribution in [0.25, 0.3) is 0 Å². The van der Waals surface area contributed by atoms with Crippen LogP contribution in [-0.4, -0.2) is 25.9 Å². The molecule has 3 heteroatoms. The van der Waals surface area contributed by atoms with Crippen molar-refractivity contribution in [2.24, 2.45) is 0 Å². The van der Waals surface area contributed by atoms with Gasteiger partial charge in [0, 0.05) is 25.0 Å². The summed E-state index contributed by atoms with van der Waals surface area (Å²) in [4.78, 5) is 2.21. The highest BCUT2D eigenvalue weighted by molar-refractivity contribution is 8.00. The number of rotatable bonds is 2. The van der Waals surface area contributed by atoms with Gasteiger partial charge in [-0.05, 0) is 37.6 Å². The first-order valence-corrected chi connectivity index (χ1v) is 7.10. The molecule has 0 spiro atoms. The third-order valence-electron chi connectivity index (χ3n) is 3.38. The van der Waals surface area contributed by atoms with Crippen LogP contribution in [0.1, 0.15) is 25.8 Å². The molecule has 1 aromatic rings. The fourth-order valence-electron chi connectivity index (χ4n) is 2.26. The van der Waals surface area contributed by atoms with Gasteiger partial charge < -0.3 is 4.90 Å². The summed E-state index contributed by atoms with van der Waals surface area (Å²) in [7, 11) is 4.15. The average molecular weight is 250 g/mol. The smallest absolute Gasteiger partial charge is 0.0875 e. The standard InChI is InChI=1S/C14H22N2S/c1-11-9-10-15-14(2,17-11)12-5-7-13(8-6-12)16(3)4/h5-8,11,15H,9-10H2,1-4H3. The van der Waals surface area contributed by atoms with Crippen molar-refractivity contribution in [3.05, 3.63) is 29.8 Å². The van der Waals surface area contributed by atoms with Crippen molar-refractivity contribution in [1.82, 2.24) is 5.32 Å². The highest BCUT2D eigenvalue weighted by Gasteiger charge is 2.32. The Morgan fingerprint density at radius 3 is 2.47 bits per heavy atom. The SMILES string of the molecule is CC1CCNC(C)(c2ccc(N(C)C)cc2)S1. The van der Waals surface area contributed by atoms with Crippen LogP contribution in [0.15, 0.2) is 24.3 Å². The topological polar surface area (TPSA) is 15.3 Å². The van der Waals surface area contributed by atoms with Crippen LogP contribution in [-0.2, 0) is 4.87 Å². The molecule has 1 aromatic carbocycles. The molecule has 2 atom stereocenters. The zero-order valence-electron chi connectivity index (χ0n) is 11.2. The van der Waals surface area contributed by atoms with E-state index in [2.05, 4.69) is 62.4 Å². The molecule has 1 aliphatic rings. The molecule has 1 fully saturated rings. The van der Waals surface area contributed by atoms with Crippen LogP contribution in [0.4, 0.5) is 5.69 Å². The van der Waals surface area contributed by atoms with Gasteiger partial charge in [0.15, 0.2) is 0 Å². The summed E-state index contributed by atoms with van der Waals surface area (Å²) >= 11 is 2.03. The first-order valence-electron chi connectivity index (χ1n) is 6.22. The Morgan fingerprint density at radius 1 is 1.29 bits per heavy atom. The van der Waals surface area contributed by atoms with Crippen molar-refractivity contribution in [3.8, 4) is 0 Å². The molecular formula is C14H22N2S. The van der Waals surface area contributed by atoms with Crippen LogP contribution < -0.4 is 10.2 Å². The predicted molar refractivity (Wildman–Crippen MR) is 77.8 cm³/mol. The van der Waals surface area contributed by atoms with Crippen molar-refractivity contribution < 1.29 is 0 Å². The summed E-state index contributed by atoms with van der Waals surface area (Å²) in [6.07, 6.45) is 1.26. The molecule has 1 N–H and O–H groups in total. The van der Waals surface area contributed by atoms with E-state index < -0.39 is 0 Å². The molecular weight excluding hydrogens is 228 g/mol. The molecule has 0 saturated carbocycles. The fourth-order valence-corrected chi connectivity index (χ4v) is 3.76. The van der Waals surface area contributed by atoms with Crippen LogP contribution in [0.5, 0.6) is 0 Å². The minimum absolute atomic E-state index is 0.0719. The first-order chi connectivity index (χ1) is 8.01. The molecule has 2 rings (SSSR count). The highest BCUT2D eigenvalue weighted by Crippen LogP contribution is 2.40. The molecule has 1 aliphatic heterocycles. The van der Waals surface area contributed by atoms with E-state index in [-0.39, 0.29) is 4.87 Å². The van der Waals surface area contributed by atoms with E-state index in [1.807, 2.05) is 11.8 Å². The molecule has 2 unspecified atom stereocenters. The Kier molecular flexibility index (Phi) is 3.69. The van der Waals surface area contributed by atoms with Crippen molar-refractivity contribution in [2.75, 3.05) is 25.5 Å². The molecule has 0 bridgehead atoms. The quantitative estimate of drug-likeness (QED) is 0.868. The first kappa shape index (κ1) is 12.8. The number of nitrogens with zero attached hydrogens (tertiary/aromatic N) is 1. The van der Waals surface area contributed by atoms with Crippen LogP contribution >= 0.6 is 11.8 Å². The van der Waals surface area contributed by atoms with E-state index in [1.165, 1.54) is 17.7 Å². The molecule has 2 nitrogen and oxygen atoms in total. The van der Waals surface area contributed by atoms with Gasteiger partial charge in [-0.25, -0.2) is 0 Å². The van der Waals surface area contributed by atoms with Crippen LogP contribution in [0.3, 0.4) is 0 Å². The molecule has 1 heterocycles. The average Bonchev–Trinajstić information content (AvgIpc) is 2.29. The van der Waals surface area contributed by atoms with E-state index in [0.29, 0.717) is 0 Å². The summed E-state index contributed by atoms with van der Waals surface area (Å²) < 4.78 is 0. The predicted octanol–water partition coefficient (Wildman–Crippen LogP) is 3.04. The van der Waals surface area contributed by atoms with Crippen molar-refractivity contribution in [1.29, 1.82) is 0 Å². The maximum absolute atomic E-state index is 3.64. The highest BCUT2D eigenvalue weighted by atomic mass is 32.2. The van der Waals surface area contributed by atoms with Crippen molar-refractivity contribution in [2.45, 2.75) is 30.4 Å². The number of anilines is 1. The minimum atomic E-state index is 0.0719. The summed E-state index contributed by atoms with van der Waals surface area (Å²) in [5.41, 5.74) is 2.63. The zero-order chi connectivity index (χ0) is 12.5. The van der Waals surface area contributed by atoms with E-state index in [4.69, 9.17) is 0 Å². The molecule has 17 heavy (non-hydrogen) atoms. The third kappa shape index (κ3) is 2.78. The van der Waals surface area contributed by atoms with Gasteiger partial charge in [0.2, 0.25) is 0 Å². The van der Waals surface area contributed by atoms with Gasteiger partial charge in [-0.1, -0.05) is 19.1 Å². The lowest BCUT2D eigenvalue weighted by Gasteiger charge is -2.38. The molecule has 0 amide bonds. The Balaban J connectivity index is 2.21. The Morgan fingerprint density at radius 2 is 1.94 bits per heavy atom. The summed E-state index contributed by atoms with van der Waals surface area (Å²) in [6, 6.07) is 8.88. The van der Waals surface area contributed by atoms with Crippen molar-refractivity contribution in [3.63, 3.8) is 0 Å². The van der Waals surface area contributed by atoms with E-state index in [9.17, 15) is 0 Å². The molecule has 0 radical (unpaired) electrons. The van der Waals surface area contributed by atoms with Gasteiger partial charge in [0.05, 0.1) is 4.87 Å². The zero-order valence-corrected chi connectivity index (χ0v) is 12.0. The fraction of sp³-hybridized carbons (Fsp3) is 0.571. The van der Waals surface area contributed by atoms with Gasteiger partial charge in [0.25, 0.3) is 0 Å². The maximum Gasteiger partial charge on any atom is 0.0875 e. The second-order valence-corrected chi connectivity index (χ2v) is 6.98. The van der Waals surface area contributed by atoms with Gasteiger partial charge in [0.1, 0.15) is 0 Å². The summed E-state index contributed by atoms with van der Waals surface area (Å²) in [5, 5.41) is 4.37. The lowest BCUT2D eigenvalue weighted by molar-refractivity contribution is 0.486. The van der Waals surface area contributed by atoms with Gasteiger partial charge >= 0.3 is 0 Å². The number of hydrogen-bond donors (Lipinski definition) is 1. The Hall–Kier alpha value is -0.670. The number of thioether (sulfide) groups is 1. The normalized spacial score (nSPS) is 29.1. The van der Waals surface area contributed by atoms with Crippen molar-refractivity contribution >= 4 is 17.4 Å². The Labute approximate surface area is 109 Å². The maximum atomic E-state index is 3.64. The largest absolute Gasteiger partial charge is 0.378 e. The number of benzene rings is 1. The molecule has 1 saturated heterocycles. The molecule has 94 valence electrons. The second kappa shape index (κ2) is 4.91. The monoisotopic (exact) mass is 250 g/mol. The van der Waals surface area contributed by atoms with Gasteiger partial charge in [-0.2, -0.15) is 0 Å². The lowest BCUT2D eigenvalue weighted by Crippen LogP contribution is -2.43. The summed E-state index contributed by atoms with van der Waals surface area (Å²) in [6.45, 7) is 5.72. The van der Waals surface area contributed by atoms with Crippen LogP contribution in [0, 0.1) is 0 Å². The number of hydrogen-bond acceptors (Lipinski definition) is 3. The lowest BCUT2D eigenvalue weighted by atomic mass is 10.1. The second-order valence-electron chi connectivity index (χ2n) is 5.12. The van der Waals surface area contributed by atoms with E-state index in [1.54, 1.807) is 0 Å². The Bertz CT molecular complexity index is 374. The molecule has 0 aromatic heterocycles. The van der Waals surface area contributed by atoms with Gasteiger partial charge in [-0.15, -0.1) is 11.8 Å². The summed E-state index contributed by atoms with van der Waals surface area (Å²) in [5.74, 6) is 0. The number of nitrogens with one attached hydrogen (secondary N) is 1.